The minimum Gasteiger partial charge on any atom is -0.289 e. The van der Waals surface area contributed by atoms with Crippen LogP contribution in [0.2, 0.25) is 0 Å². The first-order valence-corrected chi connectivity index (χ1v) is 8.11. The van der Waals surface area contributed by atoms with Gasteiger partial charge in [0.2, 0.25) is 0 Å². The normalized spacial score (nSPS) is 12.0. The molecule has 0 bridgehead atoms. The van der Waals surface area contributed by atoms with Crippen molar-refractivity contribution in [1.82, 2.24) is 0 Å². The zero-order valence-corrected chi connectivity index (χ0v) is 13.5. The van der Waals surface area contributed by atoms with Gasteiger partial charge in [0.15, 0.2) is 10.9 Å². The molecule has 2 nitrogen and oxygen atoms in total. The van der Waals surface area contributed by atoms with E-state index in [4.69, 9.17) is 0 Å². The lowest BCUT2D eigenvalue weighted by Gasteiger charge is -1.95. The van der Waals surface area contributed by atoms with Crippen molar-refractivity contribution in [2.75, 3.05) is 0 Å². The molecule has 0 atom stereocenters. The number of hydrogen-bond donors (Lipinski definition) is 0. The third-order valence-electron chi connectivity index (χ3n) is 4.63. The van der Waals surface area contributed by atoms with E-state index in [1.54, 1.807) is 0 Å². The van der Waals surface area contributed by atoms with Gasteiger partial charge in [-0.25, -0.2) is 0 Å². The molecule has 5 rings (SSSR count). The highest BCUT2D eigenvalue weighted by Crippen LogP contribution is 2.32. The first-order valence-electron chi connectivity index (χ1n) is 7.32. The molecule has 0 spiro atoms. The second-order valence-electron chi connectivity index (χ2n) is 5.84. The smallest absolute Gasteiger partial charge is 0.194 e. The van der Waals surface area contributed by atoms with Gasteiger partial charge in [0, 0.05) is 26.0 Å². The predicted octanol–water partition coefficient (Wildman–Crippen LogP) is 4.66. The van der Waals surface area contributed by atoms with Crippen molar-refractivity contribution >= 4 is 59.0 Å². The van der Waals surface area contributed by atoms with Gasteiger partial charge in [-0.05, 0) is 45.8 Å². The van der Waals surface area contributed by atoms with Gasteiger partial charge in [0.25, 0.3) is 0 Å². The van der Waals surface area contributed by atoms with E-state index in [0.717, 1.165) is 31.4 Å². The molecule has 0 heterocycles. The summed E-state index contributed by atoms with van der Waals surface area (Å²) < 4.78 is 0.881. The Hall–Kier alpha value is -2.52. The van der Waals surface area contributed by atoms with Gasteiger partial charge in [0.05, 0.1) is 0 Å². The van der Waals surface area contributed by atoms with Crippen LogP contribution in [-0.2, 0) is 0 Å². The Bertz CT molecular complexity index is 1360. The summed E-state index contributed by atoms with van der Waals surface area (Å²) in [6.07, 6.45) is 0. The Kier molecular flexibility index (Phi) is 2.41. The molecule has 0 aromatic heterocycles. The molecule has 0 N–H and O–H groups in total. The number of benzene rings is 3. The van der Waals surface area contributed by atoms with Crippen LogP contribution in [0.25, 0.3) is 43.1 Å². The molecular formula is C20H9BrO2. The van der Waals surface area contributed by atoms with Crippen LogP contribution in [0, 0.1) is 0 Å². The lowest BCUT2D eigenvalue weighted by atomic mass is 10.1. The zero-order chi connectivity index (χ0) is 15.7. The average molecular weight is 361 g/mol. The topological polar surface area (TPSA) is 34.1 Å². The lowest BCUT2D eigenvalue weighted by molar-refractivity contribution is 1.74. The lowest BCUT2D eigenvalue weighted by Crippen LogP contribution is -1.95. The summed E-state index contributed by atoms with van der Waals surface area (Å²) in [6.45, 7) is 0. The van der Waals surface area contributed by atoms with Gasteiger partial charge in [-0.1, -0.05) is 46.3 Å². The van der Waals surface area contributed by atoms with E-state index in [2.05, 4.69) is 15.9 Å². The quantitative estimate of drug-likeness (QED) is 0.402. The molecule has 0 amide bonds. The molecule has 3 heteroatoms. The maximum absolute atomic E-state index is 12.7. The highest BCUT2D eigenvalue weighted by Gasteiger charge is 2.15. The van der Waals surface area contributed by atoms with Crippen LogP contribution in [0.1, 0.15) is 0 Å². The number of fused-ring (bicyclic) bond motifs is 6. The van der Waals surface area contributed by atoms with Crippen LogP contribution in [0.3, 0.4) is 0 Å². The van der Waals surface area contributed by atoms with E-state index >= 15 is 0 Å². The first-order chi connectivity index (χ1) is 11.1. The molecule has 0 aliphatic rings. The molecule has 0 saturated heterocycles. The van der Waals surface area contributed by atoms with E-state index < -0.39 is 0 Å². The van der Waals surface area contributed by atoms with Crippen LogP contribution in [0.5, 0.6) is 0 Å². The monoisotopic (exact) mass is 360 g/mol. The second kappa shape index (κ2) is 4.27. The van der Waals surface area contributed by atoms with Crippen LogP contribution in [0.15, 0.2) is 68.7 Å². The van der Waals surface area contributed by atoms with E-state index in [1.807, 2.05) is 54.6 Å². The third kappa shape index (κ3) is 1.57. The third-order valence-corrected chi connectivity index (χ3v) is 5.12. The van der Waals surface area contributed by atoms with Crippen LogP contribution >= 0.6 is 15.9 Å². The fourth-order valence-electron chi connectivity index (χ4n) is 3.57. The molecule has 0 unspecified atom stereocenters. The van der Waals surface area contributed by atoms with Gasteiger partial charge in [-0.15, -0.1) is 0 Å². The van der Waals surface area contributed by atoms with Crippen LogP contribution in [-0.4, -0.2) is 0 Å². The van der Waals surface area contributed by atoms with Gasteiger partial charge < -0.3 is 0 Å². The zero-order valence-electron chi connectivity index (χ0n) is 11.9. The molecule has 0 fully saturated rings. The summed E-state index contributed by atoms with van der Waals surface area (Å²) in [5.41, 5.74) is 0.0624. The largest absolute Gasteiger partial charge is 0.289 e. The van der Waals surface area contributed by atoms with Crippen LogP contribution in [0.4, 0.5) is 0 Å². The second-order valence-corrected chi connectivity index (χ2v) is 6.75. The molecule has 0 aliphatic carbocycles. The molecule has 108 valence electrons. The van der Waals surface area contributed by atoms with E-state index in [-0.39, 0.29) is 10.9 Å². The minimum atomic E-state index is 0.0240. The maximum Gasteiger partial charge on any atom is 0.194 e. The molecule has 0 radical (unpaired) electrons. The Morgan fingerprint density at radius 3 is 1.74 bits per heavy atom. The van der Waals surface area contributed by atoms with Gasteiger partial charge in [-0.2, -0.15) is 0 Å². The van der Waals surface area contributed by atoms with E-state index in [1.165, 1.54) is 0 Å². The molecular weight excluding hydrogens is 352 g/mol. The molecule has 0 saturated carbocycles. The summed E-state index contributed by atoms with van der Waals surface area (Å²) in [7, 11) is 0. The van der Waals surface area contributed by atoms with Crippen molar-refractivity contribution in [1.29, 1.82) is 0 Å². The minimum absolute atomic E-state index is 0.0240. The van der Waals surface area contributed by atoms with Crippen molar-refractivity contribution in [2.24, 2.45) is 0 Å². The Morgan fingerprint density at radius 1 is 0.522 bits per heavy atom. The summed E-state index contributed by atoms with van der Waals surface area (Å²) in [4.78, 5) is 25.4. The molecule has 0 aliphatic heterocycles. The summed E-state index contributed by atoms with van der Waals surface area (Å²) in [5.74, 6) is 0. The van der Waals surface area contributed by atoms with Crippen molar-refractivity contribution in [3.05, 3.63) is 79.5 Å². The van der Waals surface area contributed by atoms with Crippen molar-refractivity contribution < 1.29 is 0 Å². The van der Waals surface area contributed by atoms with Gasteiger partial charge in [0.1, 0.15) is 0 Å². The molecule has 5 aromatic carbocycles. The predicted molar refractivity (Wildman–Crippen MR) is 99.1 cm³/mol. The number of hydrogen-bond acceptors (Lipinski definition) is 2. The Balaban J connectivity index is 2.12. The van der Waals surface area contributed by atoms with E-state index in [9.17, 15) is 9.59 Å². The number of rotatable bonds is 0. The van der Waals surface area contributed by atoms with Gasteiger partial charge >= 0.3 is 0 Å². The van der Waals surface area contributed by atoms with Crippen molar-refractivity contribution in [3.8, 4) is 0 Å². The highest BCUT2D eigenvalue weighted by molar-refractivity contribution is 9.10. The fraction of sp³-hybridized carbons (Fsp3) is 0. The average Bonchev–Trinajstić information content (AvgIpc) is 3.00. The number of halogens is 1. The SMILES string of the molecule is O=c1c2ccccc2c2cc3c(=O)c4cc(Br)ccc4c3cc12. The Labute approximate surface area is 138 Å². The highest BCUT2D eigenvalue weighted by atomic mass is 79.9. The van der Waals surface area contributed by atoms with Crippen molar-refractivity contribution in [3.63, 3.8) is 0 Å². The summed E-state index contributed by atoms with van der Waals surface area (Å²) in [5, 5.41) is 6.32. The molecule has 5 aromatic rings. The Morgan fingerprint density at radius 2 is 1.04 bits per heavy atom. The molecule has 23 heavy (non-hydrogen) atoms. The summed E-state index contributed by atoms with van der Waals surface area (Å²) >= 11 is 3.42. The maximum atomic E-state index is 12.7. The first kappa shape index (κ1) is 13.0. The van der Waals surface area contributed by atoms with Gasteiger partial charge in [-0.3, -0.25) is 9.59 Å². The van der Waals surface area contributed by atoms with E-state index in [0.29, 0.717) is 16.2 Å². The van der Waals surface area contributed by atoms with Crippen LogP contribution < -0.4 is 10.9 Å². The summed E-state index contributed by atoms with van der Waals surface area (Å²) in [6, 6.07) is 17.0. The van der Waals surface area contributed by atoms with Crippen molar-refractivity contribution in [2.45, 2.75) is 0 Å². The standard InChI is InChI=1S/C20H9BrO2/c21-10-5-6-12-15-9-17-14(8-18(15)20(23)16(12)7-10)11-3-1-2-4-13(11)19(17)22/h1-9H. The fourth-order valence-corrected chi connectivity index (χ4v) is 3.93.